The summed E-state index contributed by atoms with van der Waals surface area (Å²) in [5, 5.41) is 7.30. The highest BCUT2D eigenvalue weighted by Crippen LogP contribution is 2.40. The second-order valence-electron chi connectivity index (χ2n) is 12.4. The summed E-state index contributed by atoms with van der Waals surface area (Å²) in [6.07, 6.45) is 1.93. The van der Waals surface area contributed by atoms with Gasteiger partial charge in [-0.05, 0) is 95.3 Å². The third-order valence-electron chi connectivity index (χ3n) is 9.35. The van der Waals surface area contributed by atoms with Gasteiger partial charge in [0.05, 0.1) is 22.9 Å². The topological polar surface area (TPSA) is 25.8 Å². The maximum absolute atomic E-state index is 5.24. The molecule has 0 fully saturated rings. The van der Waals surface area contributed by atoms with E-state index in [1.807, 2.05) is 17.5 Å². The average molecular weight is 607 g/mol. The smallest absolute Gasteiger partial charge is 0.0979 e. The molecule has 218 valence electrons. The van der Waals surface area contributed by atoms with Crippen molar-refractivity contribution < 1.29 is 0 Å². The van der Waals surface area contributed by atoms with Gasteiger partial charge in [-0.1, -0.05) is 96.6 Å². The van der Waals surface area contributed by atoms with Gasteiger partial charge >= 0.3 is 0 Å². The van der Waals surface area contributed by atoms with E-state index in [9.17, 15) is 0 Å². The van der Waals surface area contributed by atoms with Gasteiger partial charge in [-0.3, -0.25) is 4.98 Å². The van der Waals surface area contributed by atoms with E-state index in [0.717, 1.165) is 33.1 Å². The molecule has 0 atom stereocenters. The molecule has 0 amide bonds. The Bertz CT molecular complexity index is 2620. The maximum Gasteiger partial charge on any atom is 0.0979 e. The van der Waals surface area contributed by atoms with Gasteiger partial charge in [-0.15, -0.1) is 11.3 Å². The molecule has 0 saturated carbocycles. The summed E-state index contributed by atoms with van der Waals surface area (Å²) in [5.74, 6) is 0. The lowest BCUT2D eigenvalue weighted by Gasteiger charge is -2.12. The Kier molecular flexibility index (Phi) is 6.06. The monoisotopic (exact) mass is 606 g/mol. The Morgan fingerprint density at radius 3 is 1.72 bits per heavy atom. The number of benzene rings is 7. The Labute approximate surface area is 271 Å². The molecule has 0 aliphatic carbocycles. The Balaban J connectivity index is 1.17. The molecule has 0 radical (unpaired) electrons. The minimum atomic E-state index is 0.880. The zero-order valence-corrected chi connectivity index (χ0v) is 26.7. The second-order valence-corrected chi connectivity index (χ2v) is 13.5. The van der Waals surface area contributed by atoms with Crippen LogP contribution in [0.4, 0.5) is 0 Å². The highest BCUT2D eigenvalue weighted by molar-refractivity contribution is 7.25. The first-order valence-electron chi connectivity index (χ1n) is 15.7. The van der Waals surface area contributed by atoms with Gasteiger partial charge in [0.15, 0.2) is 0 Å². The third kappa shape index (κ3) is 4.23. The van der Waals surface area contributed by atoms with E-state index in [-0.39, 0.29) is 0 Å². The summed E-state index contributed by atoms with van der Waals surface area (Å²) in [6, 6.07) is 44.1. The van der Waals surface area contributed by atoms with E-state index in [1.54, 1.807) is 0 Å². The Morgan fingerprint density at radius 2 is 1.02 bits per heavy atom. The van der Waals surface area contributed by atoms with E-state index in [0.29, 0.717) is 0 Å². The van der Waals surface area contributed by atoms with Crippen molar-refractivity contribution in [3.05, 3.63) is 144 Å². The van der Waals surface area contributed by atoms with Crippen LogP contribution in [0.5, 0.6) is 0 Å². The molecule has 2 aromatic heterocycles. The maximum atomic E-state index is 5.24. The van der Waals surface area contributed by atoms with Gasteiger partial charge in [-0.2, -0.15) is 0 Å². The van der Waals surface area contributed by atoms with Crippen LogP contribution in [0, 0.1) is 20.8 Å². The minimum Gasteiger partial charge on any atom is -0.252 e. The number of rotatable bonds is 3. The molecule has 0 aliphatic rings. The largest absolute Gasteiger partial charge is 0.252 e. The van der Waals surface area contributed by atoms with Crippen molar-refractivity contribution in [2.75, 3.05) is 0 Å². The molecule has 0 aliphatic heterocycles. The molecule has 9 rings (SSSR count). The summed E-state index contributed by atoms with van der Waals surface area (Å²) in [4.78, 5) is 10.2. The second kappa shape index (κ2) is 10.3. The average Bonchev–Trinajstić information content (AvgIpc) is 3.45. The van der Waals surface area contributed by atoms with Crippen LogP contribution in [0.25, 0.3) is 86.3 Å². The van der Waals surface area contributed by atoms with Gasteiger partial charge in [0, 0.05) is 36.5 Å². The van der Waals surface area contributed by atoms with Crippen LogP contribution in [0.2, 0.25) is 0 Å². The summed E-state index contributed by atoms with van der Waals surface area (Å²) < 4.78 is 2.63. The molecule has 0 unspecified atom stereocenters. The number of thiophene rings is 1. The van der Waals surface area contributed by atoms with Gasteiger partial charge < -0.3 is 0 Å². The van der Waals surface area contributed by atoms with Crippen molar-refractivity contribution in [3.63, 3.8) is 0 Å². The van der Waals surface area contributed by atoms with Gasteiger partial charge in [-0.25, -0.2) is 4.98 Å². The van der Waals surface area contributed by atoms with E-state index in [2.05, 4.69) is 142 Å². The molecular weight excluding hydrogens is 577 g/mol. The standard InChI is InChI=1S/C43H30N2S/c1-25-19-26(2)41(27(3)20-25)31-16-18-40-37(23-31)36-22-29(15-17-39(36)46-40)28-9-8-10-30(21-28)38-24-44-42-34-13-6-4-11-32(34)33-12-5-7-14-35(33)43(42)45-38/h4-24H,1-3H3. The zero-order chi connectivity index (χ0) is 30.9. The molecule has 2 heterocycles. The van der Waals surface area contributed by atoms with E-state index < -0.39 is 0 Å². The van der Waals surface area contributed by atoms with Crippen molar-refractivity contribution in [1.82, 2.24) is 9.97 Å². The predicted octanol–water partition coefficient (Wildman–Crippen LogP) is 12.2. The molecular formula is C43H30N2S. The van der Waals surface area contributed by atoms with Crippen LogP contribution in [0.3, 0.4) is 0 Å². The van der Waals surface area contributed by atoms with Crippen molar-refractivity contribution >= 4 is 64.1 Å². The molecule has 0 saturated heterocycles. The van der Waals surface area contributed by atoms with Crippen LogP contribution >= 0.6 is 11.3 Å². The van der Waals surface area contributed by atoms with E-state index in [4.69, 9.17) is 9.97 Å². The van der Waals surface area contributed by atoms with Gasteiger partial charge in [0.1, 0.15) is 0 Å². The number of hydrogen-bond donors (Lipinski definition) is 0. The SMILES string of the molecule is Cc1cc(C)c(-c2ccc3sc4ccc(-c5cccc(-c6cnc7c8ccccc8c8ccccc8c7n6)c5)cc4c3c2)c(C)c1. The lowest BCUT2D eigenvalue weighted by Crippen LogP contribution is -1.92. The fraction of sp³-hybridized carbons (Fsp3) is 0.0698. The minimum absolute atomic E-state index is 0.880. The number of nitrogens with zero attached hydrogens (tertiary/aromatic N) is 2. The van der Waals surface area contributed by atoms with E-state index in [1.165, 1.54) is 69.9 Å². The molecule has 0 bridgehead atoms. The third-order valence-corrected chi connectivity index (χ3v) is 10.5. The van der Waals surface area contributed by atoms with Crippen molar-refractivity contribution in [3.8, 4) is 33.5 Å². The fourth-order valence-electron chi connectivity index (χ4n) is 7.37. The fourth-order valence-corrected chi connectivity index (χ4v) is 8.43. The first-order chi connectivity index (χ1) is 22.5. The van der Waals surface area contributed by atoms with Crippen molar-refractivity contribution in [2.24, 2.45) is 0 Å². The highest BCUT2D eigenvalue weighted by atomic mass is 32.1. The van der Waals surface area contributed by atoms with Crippen LogP contribution in [0.15, 0.2) is 128 Å². The van der Waals surface area contributed by atoms with Gasteiger partial charge in [0.2, 0.25) is 0 Å². The molecule has 0 spiro atoms. The zero-order valence-electron chi connectivity index (χ0n) is 25.9. The molecule has 2 nitrogen and oxygen atoms in total. The van der Waals surface area contributed by atoms with Crippen LogP contribution in [0.1, 0.15) is 16.7 Å². The van der Waals surface area contributed by atoms with Crippen molar-refractivity contribution in [1.29, 1.82) is 0 Å². The molecule has 9 aromatic rings. The molecule has 46 heavy (non-hydrogen) atoms. The van der Waals surface area contributed by atoms with E-state index >= 15 is 0 Å². The van der Waals surface area contributed by atoms with Crippen LogP contribution in [-0.2, 0) is 0 Å². The lowest BCUT2D eigenvalue weighted by atomic mass is 9.93. The summed E-state index contributed by atoms with van der Waals surface area (Å²) in [5.41, 5.74) is 12.8. The number of aromatic nitrogens is 2. The summed E-state index contributed by atoms with van der Waals surface area (Å²) in [7, 11) is 0. The molecule has 3 heteroatoms. The predicted molar refractivity (Wildman–Crippen MR) is 198 cm³/mol. The Hall–Kier alpha value is -5.38. The Morgan fingerprint density at radius 1 is 0.457 bits per heavy atom. The van der Waals surface area contributed by atoms with Crippen LogP contribution < -0.4 is 0 Å². The molecule has 0 N–H and O–H groups in total. The number of fused-ring (bicyclic) bond motifs is 9. The quantitative estimate of drug-likeness (QED) is 0.187. The number of aryl methyl sites for hydroxylation is 3. The highest BCUT2D eigenvalue weighted by Gasteiger charge is 2.14. The first-order valence-corrected chi connectivity index (χ1v) is 16.5. The number of hydrogen-bond acceptors (Lipinski definition) is 3. The summed E-state index contributed by atoms with van der Waals surface area (Å²) in [6.45, 7) is 6.62. The summed E-state index contributed by atoms with van der Waals surface area (Å²) >= 11 is 1.86. The van der Waals surface area contributed by atoms with Crippen molar-refractivity contribution in [2.45, 2.75) is 20.8 Å². The molecule has 7 aromatic carbocycles. The lowest BCUT2D eigenvalue weighted by molar-refractivity contribution is 1.31. The van der Waals surface area contributed by atoms with Crippen LogP contribution in [-0.4, -0.2) is 9.97 Å². The normalized spacial score (nSPS) is 11.8. The first kappa shape index (κ1) is 27.0. The van der Waals surface area contributed by atoms with Gasteiger partial charge in [0.25, 0.3) is 0 Å².